The normalized spacial score (nSPS) is 11.6. The zero-order valence-electron chi connectivity index (χ0n) is 14.0. The average Bonchev–Trinajstić information content (AvgIpc) is 3.09. The summed E-state index contributed by atoms with van der Waals surface area (Å²) in [4.78, 5) is 28.2. The minimum absolute atomic E-state index is 0.101. The van der Waals surface area contributed by atoms with Gasteiger partial charge in [-0.15, -0.1) is 17.9 Å². The van der Waals surface area contributed by atoms with Crippen LogP contribution >= 0.6 is 11.3 Å². The van der Waals surface area contributed by atoms with E-state index in [9.17, 15) is 9.59 Å². The first-order valence-corrected chi connectivity index (χ1v) is 8.79. The number of ether oxygens (including phenoxy) is 1. The van der Waals surface area contributed by atoms with Crippen molar-refractivity contribution in [2.24, 2.45) is 0 Å². The van der Waals surface area contributed by atoms with E-state index in [4.69, 9.17) is 4.74 Å². The van der Waals surface area contributed by atoms with Gasteiger partial charge in [-0.25, -0.2) is 4.98 Å². The standard InChI is InChI=1S/C18H21N3O3S/c1-3-4-10-24-13(2)18(23)21-20-16(22)11-17-19-15(12-25-17)14-8-6-5-7-9-14/h3,5-9,12-13H,1,4,10-11H2,2H3,(H,20,22)(H,21,23). The average molecular weight is 359 g/mol. The number of nitrogens with zero attached hydrogens (tertiary/aromatic N) is 1. The molecular weight excluding hydrogens is 338 g/mol. The summed E-state index contributed by atoms with van der Waals surface area (Å²) in [7, 11) is 0. The van der Waals surface area contributed by atoms with Gasteiger partial charge in [-0.1, -0.05) is 36.4 Å². The van der Waals surface area contributed by atoms with Crippen molar-refractivity contribution in [3.63, 3.8) is 0 Å². The maximum Gasteiger partial charge on any atom is 0.267 e. The zero-order valence-corrected chi connectivity index (χ0v) is 14.8. The number of rotatable bonds is 8. The number of benzene rings is 1. The molecule has 25 heavy (non-hydrogen) atoms. The van der Waals surface area contributed by atoms with Crippen LogP contribution in [-0.2, 0) is 20.7 Å². The topological polar surface area (TPSA) is 80.3 Å². The van der Waals surface area contributed by atoms with Crippen molar-refractivity contribution in [1.29, 1.82) is 0 Å². The summed E-state index contributed by atoms with van der Waals surface area (Å²) in [5, 5.41) is 2.59. The highest BCUT2D eigenvalue weighted by Crippen LogP contribution is 2.21. The number of aromatic nitrogens is 1. The SMILES string of the molecule is C=CCCOC(C)C(=O)NNC(=O)Cc1nc(-c2ccccc2)cs1. The van der Waals surface area contributed by atoms with Crippen molar-refractivity contribution >= 4 is 23.2 Å². The van der Waals surface area contributed by atoms with Gasteiger partial charge in [0, 0.05) is 10.9 Å². The molecule has 1 heterocycles. The molecule has 2 aromatic rings. The van der Waals surface area contributed by atoms with Crippen molar-refractivity contribution in [2.45, 2.75) is 25.9 Å². The third-order valence-corrected chi connectivity index (χ3v) is 4.17. The molecule has 7 heteroatoms. The molecule has 1 aromatic heterocycles. The largest absolute Gasteiger partial charge is 0.368 e. The van der Waals surface area contributed by atoms with Gasteiger partial charge in [0.1, 0.15) is 11.1 Å². The predicted octanol–water partition coefficient (Wildman–Crippen LogP) is 2.48. The second-order valence-corrected chi connectivity index (χ2v) is 6.24. The number of hydrazine groups is 1. The molecule has 0 saturated heterocycles. The van der Waals surface area contributed by atoms with E-state index in [0.717, 1.165) is 11.3 Å². The van der Waals surface area contributed by atoms with E-state index in [-0.39, 0.29) is 12.3 Å². The number of hydrogen-bond donors (Lipinski definition) is 2. The molecule has 0 aliphatic carbocycles. The summed E-state index contributed by atoms with van der Waals surface area (Å²) < 4.78 is 5.30. The fourth-order valence-corrected chi connectivity index (χ4v) is 2.75. The van der Waals surface area contributed by atoms with Gasteiger partial charge < -0.3 is 4.74 Å². The lowest BCUT2D eigenvalue weighted by atomic mass is 10.2. The second-order valence-electron chi connectivity index (χ2n) is 5.30. The van der Waals surface area contributed by atoms with E-state index in [1.54, 1.807) is 13.0 Å². The van der Waals surface area contributed by atoms with E-state index >= 15 is 0 Å². The van der Waals surface area contributed by atoms with Gasteiger partial charge in [0.25, 0.3) is 5.91 Å². The van der Waals surface area contributed by atoms with Crippen molar-refractivity contribution in [2.75, 3.05) is 6.61 Å². The smallest absolute Gasteiger partial charge is 0.267 e. The lowest BCUT2D eigenvalue weighted by molar-refractivity contribution is -0.135. The Morgan fingerprint density at radius 1 is 1.32 bits per heavy atom. The lowest BCUT2D eigenvalue weighted by Gasteiger charge is -2.13. The quantitative estimate of drug-likeness (QED) is 0.431. The summed E-state index contributed by atoms with van der Waals surface area (Å²) >= 11 is 1.41. The first-order valence-electron chi connectivity index (χ1n) is 7.91. The molecule has 0 saturated carbocycles. The number of nitrogens with one attached hydrogen (secondary N) is 2. The molecule has 0 radical (unpaired) electrons. The third kappa shape index (κ3) is 6.13. The number of carbonyl (C=O) groups is 2. The Morgan fingerprint density at radius 3 is 2.80 bits per heavy atom. The van der Waals surface area contributed by atoms with Crippen LogP contribution in [0, 0.1) is 0 Å². The Bertz CT molecular complexity index is 715. The van der Waals surface area contributed by atoms with Crippen LogP contribution in [0.1, 0.15) is 18.4 Å². The van der Waals surface area contributed by atoms with Gasteiger partial charge >= 0.3 is 0 Å². The molecule has 0 aliphatic rings. The first-order chi connectivity index (χ1) is 12.1. The molecule has 2 amide bonds. The molecule has 6 nitrogen and oxygen atoms in total. The number of thiazole rings is 1. The summed E-state index contributed by atoms with van der Waals surface area (Å²) in [6, 6.07) is 9.75. The molecule has 2 rings (SSSR count). The summed E-state index contributed by atoms with van der Waals surface area (Å²) in [6.45, 7) is 5.61. The Balaban J connectivity index is 1.78. The minimum Gasteiger partial charge on any atom is -0.368 e. The fraction of sp³-hybridized carbons (Fsp3) is 0.278. The monoisotopic (exact) mass is 359 g/mol. The molecule has 1 aromatic carbocycles. The number of hydrogen-bond acceptors (Lipinski definition) is 5. The van der Waals surface area contributed by atoms with Crippen LogP contribution in [0.3, 0.4) is 0 Å². The summed E-state index contributed by atoms with van der Waals surface area (Å²) in [5.41, 5.74) is 6.57. The van der Waals surface area contributed by atoms with Crippen LogP contribution in [-0.4, -0.2) is 29.5 Å². The van der Waals surface area contributed by atoms with Gasteiger partial charge in [0.2, 0.25) is 5.91 Å². The maximum absolute atomic E-state index is 11.9. The molecule has 0 spiro atoms. The van der Waals surface area contributed by atoms with Crippen LogP contribution in [0.5, 0.6) is 0 Å². The van der Waals surface area contributed by atoms with Crippen molar-refractivity contribution in [3.8, 4) is 11.3 Å². The predicted molar refractivity (Wildman–Crippen MR) is 97.8 cm³/mol. The zero-order chi connectivity index (χ0) is 18.1. The number of amides is 2. The first kappa shape index (κ1) is 18.8. The van der Waals surface area contributed by atoms with Gasteiger partial charge in [-0.3, -0.25) is 20.4 Å². The highest BCUT2D eigenvalue weighted by Gasteiger charge is 2.14. The van der Waals surface area contributed by atoms with Crippen molar-refractivity contribution < 1.29 is 14.3 Å². The van der Waals surface area contributed by atoms with Crippen molar-refractivity contribution in [1.82, 2.24) is 15.8 Å². The fourth-order valence-electron chi connectivity index (χ4n) is 1.95. The van der Waals surface area contributed by atoms with Crippen LogP contribution in [0.4, 0.5) is 0 Å². The summed E-state index contributed by atoms with van der Waals surface area (Å²) in [6.07, 6.45) is 1.83. The van der Waals surface area contributed by atoms with Crippen LogP contribution in [0.2, 0.25) is 0 Å². The Labute approximate surface area is 150 Å². The Hall–Kier alpha value is -2.51. The minimum atomic E-state index is -0.648. The highest BCUT2D eigenvalue weighted by molar-refractivity contribution is 7.10. The molecule has 1 atom stereocenters. The molecule has 0 fully saturated rings. The molecule has 2 N–H and O–H groups in total. The van der Waals surface area contributed by atoms with Crippen molar-refractivity contribution in [3.05, 3.63) is 53.4 Å². The van der Waals surface area contributed by atoms with E-state index in [1.807, 2.05) is 35.7 Å². The van der Waals surface area contributed by atoms with Gasteiger partial charge in [-0.05, 0) is 13.3 Å². The van der Waals surface area contributed by atoms with Gasteiger partial charge in [-0.2, -0.15) is 0 Å². The van der Waals surface area contributed by atoms with Gasteiger partial charge in [0.05, 0.1) is 18.7 Å². The second kappa shape index (κ2) is 9.71. The third-order valence-electron chi connectivity index (χ3n) is 3.32. The Kier molecular flexibility index (Phi) is 7.31. The maximum atomic E-state index is 11.9. The van der Waals surface area contributed by atoms with Crippen LogP contribution in [0.25, 0.3) is 11.3 Å². The molecule has 132 valence electrons. The highest BCUT2D eigenvalue weighted by atomic mass is 32.1. The number of carbonyl (C=O) groups excluding carboxylic acids is 2. The van der Waals surface area contributed by atoms with Crippen LogP contribution in [0.15, 0.2) is 48.4 Å². The Morgan fingerprint density at radius 2 is 2.08 bits per heavy atom. The van der Waals surface area contributed by atoms with Crippen LogP contribution < -0.4 is 10.9 Å². The van der Waals surface area contributed by atoms with E-state index in [0.29, 0.717) is 18.0 Å². The van der Waals surface area contributed by atoms with Gasteiger partial charge in [0.15, 0.2) is 0 Å². The molecule has 0 bridgehead atoms. The van der Waals surface area contributed by atoms with E-state index in [2.05, 4.69) is 22.4 Å². The lowest BCUT2D eigenvalue weighted by Crippen LogP contribution is -2.46. The molecule has 1 unspecified atom stereocenters. The van der Waals surface area contributed by atoms with E-state index < -0.39 is 12.0 Å². The van der Waals surface area contributed by atoms with E-state index in [1.165, 1.54) is 11.3 Å². The molecular formula is C18H21N3O3S. The summed E-state index contributed by atoms with van der Waals surface area (Å²) in [5.74, 6) is -0.734. The molecule has 0 aliphatic heterocycles.